The normalized spacial score (nSPS) is 16.4. The van der Waals surface area contributed by atoms with Crippen LogP contribution in [-0.4, -0.2) is 47.3 Å². The van der Waals surface area contributed by atoms with Crippen LogP contribution in [0.5, 0.6) is 17.2 Å². The molecule has 0 fully saturated rings. The zero-order chi connectivity index (χ0) is 24.4. The van der Waals surface area contributed by atoms with Gasteiger partial charge >= 0.3 is 0 Å². The number of aliphatic imine (C=N–C) groups is 1. The number of methoxy groups -OCH3 is 1. The van der Waals surface area contributed by atoms with Crippen molar-refractivity contribution in [1.29, 1.82) is 5.41 Å². The fraction of sp³-hybridized carbons (Fsp3) is 0.250. The standard InChI is InChI=1S/C24H23ClN4O4S/c1-13-7-14(2)9-17(8-13)32-5-6-33-21-19(25)11-16(12-20(21)31-4)10-18-22(26)29-24(27-23(18)30)34-15(3)28-29/h7-12,26H,5-6H2,1-4H3/b18-10-,26-22?. The first-order valence-corrected chi connectivity index (χ1v) is 11.6. The topological polar surface area (TPSA) is 96.6 Å². The summed E-state index contributed by atoms with van der Waals surface area (Å²) in [6.45, 7) is 6.42. The lowest BCUT2D eigenvalue weighted by atomic mass is 10.1. The number of hydrogen-bond acceptors (Lipinski definition) is 7. The van der Waals surface area contributed by atoms with Crippen LogP contribution in [0.2, 0.25) is 5.02 Å². The highest BCUT2D eigenvalue weighted by Crippen LogP contribution is 2.37. The lowest BCUT2D eigenvalue weighted by Crippen LogP contribution is -2.35. The van der Waals surface area contributed by atoms with Gasteiger partial charge in [-0.15, -0.1) is 0 Å². The molecule has 8 nitrogen and oxygen atoms in total. The van der Waals surface area contributed by atoms with Crippen LogP contribution in [0, 0.1) is 19.3 Å². The SMILES string of the molecule is COc1cc(/C=C2/C(=N)N3N=C(C)SC3=NC2=O)cc(Cl)c1OCCOc1cc(C)cc(C)c1. The highest BCUT2D eigenvalue weighted by Gasteiger charge is 2.34. The quantitative estimate of drug-likeness (QED) is 0.423. The summed E-state index contributed by atoms with van der Waals surface area (Å²) in [5.41, 5.74) is 2.93. The minimum absolute atomic E-state index is 0.0432. The van der Waals surface area contributed by atoms with Gasteiger partial charge in [-0.25, -0.2) is 0 Å². The Morgan fingerprint density at radius 2 is 1.79 bits per heavy atom. The average Bonchev–Trinajstić information content (AvgIpc) is 3.14. The number of amides is 1. The van der Waals surface area contributed by atoms with E-state index in [1.165, 1.54) is 23.9 Å². The van der Waals surface area contributed by atoms with E-state index < -0.39 is 5.91 Å². The van der Waals surface area contributed by atoms with E-state index in [4.69, 9.17) is 31.2 Å². The molecule has 2 aromatic rings. The van der Waals surface area contributed by atoms with Crippen LogP contribution in [-0.2, 0) is 4.79 Å². The fourth-order valence-corrected chi connectivity index (χ4v) is 4.54. The number of thioether (sulfide) groups is 1. The van der Waals surface area contributed by atoms with Crippen LogP contribution < -0.4 is 14.2 Å². The number of hydrazone groups is 1. The molecule has 0 bridgehead atoms. The number of fused-ring (bicyclic) bond motifs is 1. The second-order valence-corrected chi connectivity index (χ2v) is 9.26. The Bertz CT molecular complexity index is 1250. The van der Waals surface area contributed by atoms with Crippen LogP contribution in [0.15, 0.2) is 46.0 Å². The van der Waals surface area contributed by atoms with Crippen LogP contribution >= 0.6 is 23.4 Å². The maximum absolute atomic E-state index is 12.5. The Morgan fingerprint density at radius 3 is 2.50 bits per heavy atom. The van der Waals surface area contributed by atoms with Gasteiger partial charge < -0.3 is 14.2 Å². The summed E-state index contributed by atoms with van der Waals surface area (Å²) in [4.78, 5) is 16.5. The largest absolute Gasteiger partial charge is 0.493 e. The van der Waals surface area contributed by atoms with Crippen molar-refractivity contribution in [2.45, 2.75) is 20.8 Å². The summed E-state index contributed by atoms with van der Waals surface area (Å²) in [5.74, 6) is 1.00. The number of halogens is 1. The summed E-state index contributed by atoms with van der Waals surface area (Å²) in [7, 11) is 1.50. The molecule has 0 atom stereocenters. The third-order valence-electron chi connectivity index (χ3n) is 4.91. The maximum atomic E-state index is 12.5. The van der Waals surface area contributed by atoms with Crippen LogP contribution in [0.1, 0.15) is 23.6 Å². The minimum atomic E-state index is -0.507. The number of rotatable bonds is 7. The van der Waals surface area contributed by atoms with Crippen molar-refractivity contribution in [3.8, 4) is 17.2 Å². The summed E-state index contributed by atoms with van der Waals surface area (Å²) in [5, 5.41) is 15.4. The number of carbonyl (C=O) groups is 1. The molecule has 2 aliphatic rings. The lowest BCUT2D eigenvalue weighted by Gasteiger charge is -2.20. The van der Waals surface area contributed by atoms with E-state index >= 15 is 0 Å². The van der Waals surface area contributed by atoms with Crippen molar-refractivity contribution in [1.82, 2.24) is 5.01 Å². The molecule has 10 heteroatoms. The highest BCUT2D eigenvalue weighted by molar-refractivity contribution is 8.26. The van der Waals surface area contributed by atoms with Gasteiger partial charge in [-0.1, -0.05) is 17.7 Å². The van der Waals surface area contributed by atoms with E-state index in [9.17, 15) is 4.79 Å². The molecule has 0 saturated carbocycles. The number of nitrogens with zero attached hydrogens (tertiary/aromatic N) is 3. The van der Waals surface area contributed by atoms with Crippen LogP contribution in [0.4, 0.5) is 0 Å². The molecule has 2 heterocycles. The summed E-state index contributed by atoms with van der Waals surface area (Å²) >= 11 is 7.73. The van der Waals surface area contributed by atoms with Crippen LogP contribution in [0.25, 0.3) is 6.08 Å². The second kappa shape index (κ2) is 9.90. The molecule has 0 radical (unpaired) electrons. The van der Waals surface area contributed by atoms with Gasteiger partial charge in [-0.05, 0) is 79.6 Å². The Hall–Kier alpha value is -3.30. The molecule has 2 aliphatic heterocycles. The predicted octanol–water partition coefficient (Wildman–Crippen LogP) is 5.06. The van der Waals surface area contributed by atoms with Gasteiger partial charge in [0.2, 0.25) is 5.17 Å². The molecular formula is C24H23ClN4O4S. The van der Waals surface area contributed by atoms with Gasteiger partial charge in [-0.2, -0.15) is 15.1 Å². The molecule has 0 saturated heterocycles. The third-order valence-corrected chi connectivity index (χ3v) is 6.02. The molecule has 0 spiro atoms. The van der Waals surface area contributed by atoms with Gasteiger partial charge in [0.1, 0.15) is 19.0 Å². The third kappa shape index (κ3) is 5.10. The lowest BCUT2D eigenvalue weighted by molar-refractivity contribution is -0.114. The average molecular weight is 499 g/mol. The summed E-state index contributed by atoms with van der Waals surface area (Å²) < 4.78 is 17.1. The Kier molecular flexibility index (Phi) is 6.95. The van der Waals surface area contributed by atoms with Crippen molar-refractivity contribution in [3.05, 3.63) is 57.6 Å². The van der Waals surface area contributed by atoms with Crippen molar-refractivity contribution in [2.24, 2.45) is 10.1 Å². The van der Waals surface area contributed by atoms with E-state index in [-0.39, 0.29) is 18.0 Å². The number of ether oxygens (including phenoxy) is 3. The number of hydrogen-bond donors (Lipinski definition) is 1. The molecule has 176 valence electrons. The van der Waals surface area contributed by atoms with E-state index in [2.05, 4.69) is 16.2 Å². The number of benzene rings is 2. The van der Waals surface area contributed by atoms with Crippen molar-refractivity contribution < 1.29 is 19.0 Å². The van der Waals surface area contributed by atoms with Crippen molar-refractivity contribution >= 4 is 51.4 Å². The number of nitrogens with one attached hydrogen (secondary N) is 1. The molecular weight excluding hydrogens is 476 g/mol. The van der Waals surface area contributed by atoms with Crippen molar-refractivity contribution in [2.75, 3.05) is 20.3 Å². The molecule has 1 N–H and O–H groups in total. The Morgan fingerprint density at radius 1 is 1.09 bits per heavy atom. The van der Waals surface area contributed by atoms with Gasteiger partial charge in [0.25, 0.3) is 5.91 Å². The van der Waals surface area contributed by atoms with E-state index in [0.717, 1.165) is 16.9 Å². The fourth-order valence-electron chi connectivity index (χ4n) is 3.54. The molecule has 4 rings (SSSR count). The second-order valence-electron chi connectivity index (χ2n) is 7.69. The molecule has 0 aromatic heterocycles. The van der Waals surface area contributed by atoms with E-state index in [0.29, 0.717) is 38.9 Å². The Balaban J connectivity index is 1.48. The predicted molar refractivity (Wildman–Crippen MR) is 136 cm³/mol. The number of aryl methyl sites for hydroxylation is 2. The molecule has 34 heavy (non-hydrogen) atoms. The van der Waals surface area contributed by atoms with Crippen LogP contribution in [0.3, 0.4) is 0 Å². The first kappa shape index (κ1) is 23.8. The molecule has 1 amide bonds. The summed E-state index contributed by atoms with van der Waals surface area (Å²) in [6, 6.07) is 9.34. The molecule has 0 unspecified atom stereocenters. The van der Waals surface area contributed by atoms with Gasteiger partial charge in [0.15, 0.2) is 17.3 Å². The number of amidine groups is 2. The maximum Gasteiger partial charge on any atom is 0.283 e. The monoisotopic (exact) mass is 498 g/mol. The zero-order valence-corrected chi connectivity index (χ0v) is 20.7. The van der Waals surface area contributed by atoms with E-state index in [1.807, 2.05) is 26.0 Å². The smallest absolute Gasteiger partial charge is 0.283 e. The van der Waals surface area contributed by atoms with Crippen molar-refractivity contribution in [3.63, 3.8) is 0 Å². The highest BCUT2D eigenvalue weighted by atomic mass is 35.5. The molecule has 2 aromatic carbocycles. The molecule has 0 aliphatic carbocycles. The van der Waals surface area contributed by atoms with E-state index in [1.54, 1.807) is 25.1 Å². The Labute approximate surface area is 206 Å². The first-order chi connectivity index (χ1) is 16.2. The van der Waals surface area contributed by atoms with Gasteiger partial charge in [0.05, 0.1) is 22.7 Å². The minimum Gasteiger partial charge on any atom is -0.493 e. The summed E-state index contributed by atoms with van der Waals surface area (Å²) in [6.07, 6.45) is 1.54. The zero-order valence-electron chi connectivity index (χ0n) is 19.1. The number of carbonyl (C=O) groups excluding carboxylic acids is 1. The first-order valence-electron chi connectivity index (χ1n) is 10.4. The van der Waals surface area contributed by atoms with Gasteiger partial charge in [0, 0.05) is 0 Å². The van der Waals surface area contributed by atoms with Gasteiger partial charge in [-0.3, -0.25) is 10.2 Å².